The monoisotopic (exact) mass is 366 g/mol. The van der Waals surface area contributed by atoms with E-state index in [4.69, 9.17) is 4.74 Å². The Labute approximate surface area is 157 Å². The van der Waals surface area contributed by atoms with Gasteiger partial charge in [-0.3, -0.25) is 9.89 Å². The van der Waals surface area contributed by atoms with E-state index in [1.54, 1.807) is 30.5 Å². The van der Waals surface area contributed by atoms with Gasteiger partial charge in [-0.1, -0.05) is 24.3 Å². The summed E-state index contributed by atoms with van der Waals surface area (Å²) in [5, 5.41) is 13.4. The van der Waals surface area contributed by atoms with E-state index < -0.39 is 11.7 Å². The average molecular weight is 366 g/mol. The van der Waals surface area contributed by atoms with Crippen LogP contribution < -0.4 is 10.6 Å². The van der Waals surface area contributed by atoms with Crippen LogP contribution in [0.5, 0.6) is 0 Å². The first kappa shape index (κ1) is 18.4. The van der Waals surface area contributed by atoms with Gasteiger partial charge in [0.15, 0.2) is 0 Å². The highest BCUT2D eigenvalue weighted by Gasteiger charge is 2.15. The molecule has 27 heavy (non-hydrogen) atoms. The van der Waals surface area contributed by atoms with Crippen molar-refractivity contribution in [3.05, 3.63) is 59.8 Å². The number of nitrogens with zero attached hydrogens (tertiary/aromatic N) is 1. The molecule has 0 unspecified atom stereocenters. The number of carbonyl (C=O) groups excluding carboxylic acids is 2. The third-order valence-corrected chi connectivity index (χ3v) is 3.78. The zero-order valence-corrected chi connectivity index (χ0v) is 15.5. The molecular weight excluding hydrogens is 344 g/mol. The van der Waals surface area contributed by atoms with Crippen LogP contribution in [-0.2, 0) is 11.3 Å². The predicted octanol–water partition coefficient (Wildman–Crippen LogP) is 3.84. The Morgan fingerprint density at radius 3 is 2.56 bits per heavy atom. The molecule has 0 saturated heterocycles. The van der Waals surface area contributed by atoms with Crippen molar-refractivity contribution in [1.82, 2.24) is 15.5 Å². The van der Waals surface area contributed by atoms with E-state index >= 15 is 0 Å². The van der Waals surface area contributed by atoms with Gasteiger partial charge in [-0.15, -0.1) is 0 Å². The Hall–Kier alpha value is -3.35. The molecule has 0 saturated carbocycles. The molecule has 3 aromatic rings. The number of ether oxygens (including phenoxy) is 1. The van der Waals surface area contributed by atoms with Crippen LogP contribution in [0.2, 0.25) is 0 Å². The van der Waals surface area contributed by atoms with Crippen LogP contribution in [-0.4, -0.2) is 27.8 Å². The maximum Gasteiger partial charge on any atom is 0.407 e. The summed E-state index contributed by atoms with van der Waals surface area (Å²) in [6.45, 7) is 5.75. The molecule has 3 N–H and O–H groups in total. The van der Waals surface area contributed by atoms with Gasteiger partial charge < -0.3 is 15.4 Å². The molecule has 7 heteroatoms. The van der Waals surface area contributed by atoms with E-state index in [1.807, 2.05) is 39.0 Å². The van der Waals surface area contributed by atoms with E-state index in [2.05, 4.69) is 20.8 Å². The van der Waals surface area contributed by atoms with Crippen molar-refractivity contribution in [3.63, 3.8) is 0 Å². The third kappa shape index (κ3) is 4.84. The van der Waals surface area contributed by atoms with Crippen molar-refractivity contribution in [1.29, 1.82) is 0 Å². The lowest BCUT2D eigenvalue weighted by Gasteiger charge is -2.19. The number of aromatic amines is 1. The van der Waals surface area contributed by atoms with Gasteiger partial charge >= 0.3 is 6.09 Å². The van der Waals surface area contributed by atoms with Gasteiger partial charge in [0.05, 0.1) is 17.4 Å². The van der Waals surface area contributed by atoms with Crippen LogP contribution in [0.25, 0.3) is 10.9 Å². The standard InChI is InChI=1S/C20H22N4O3/c1-20(2,3)27-19(26)21-11-13-7-9-14(10-8-13)18(25)23-16-6-4-5-15-12-22-24-17(15)16/h4-10,12H,11H2,1-3H3,(H,21,26)(H,22,24)(H,23,25). The lowest BCUT2D eigenvalue weighted by Crippen LogP contribution is -2.32. The number of carbonyl (C=O) groups is 2. The molecule has 0 bridgehead atoms. The van der Waals surface area contributed by atoms with Crippen LogP contribution in [0.1, 0.15) is 36.7 Å². The van der Waals surface area contributed by atoms with Crippen LogP contribution in [0.15, 0.2) is 48.7 Å². The summed E-state index contributed by atoms with van der Waals surface area (Å²) in [6, 6.07) is 12.6. The fourth-order valence-electron chi connectivity index (χ4n) is 2.53. The minimum atomic E-state index is -0.538. The second-order valence-corrected chi connectivity index (χ2v) is 7.15. The van der Waals surface area contributed by atoms with Crippen molar-refractivity contribution in [2.75, 3.05) is 5.32 Å². The molecule has 1 aromatic heterocycles. The number of para-hydroxylation sites is 1. The number of alkyl carbamates (subject to hydrolysis) is 1. The molecule has 0 aliphatic heterocycles. The lowest BCUT2D eigenvalue weighted by atomic mass is 10.1. The number of fused-ring (bicyclic) bond motifs is 1. The van der Waals surface area contributed by atoms with Crippen molar-refractivity contribution in [2.45, 2.75) is 32.9 Å². The zero-order chi connectivity index (χ0) is 19.4. The van der Waals surface area contributed by atoms with Crippen LogP contribution in [0.3, 0.4) is 0 Å². The highest BCUT2D eigenvalue weighted by molar-refractivity contribution is 6.08. The van der Waals surface area contributed by atoms with Crippen molar-refractivity contribution in [3.8, 4) is 0 Å². The molecule has 0 fully saturated rings. The summed E-state index contributed by atoms with van der Waals surface area (Å²) in [6.07, 6.45) is 1.23. The van der Waals surface area contributed by atoms with Crippen molar-refractivity contribution < 1.29 is 14.3 Å². The molecule has 0 spiro atoms. The molecule has 140 valence electrons. The number of aromatic nitrogens is 2. The number of benzene rings is 2. The normalized spacial score (nSPS) is 11.2. The summed E-state index contributed by atoms with van der Waals surface area (Å²) >= 11 is 0. The number of H-pyrrole nitrogens is 1. The molecule has 0 radical (unpaired) electrons. The highest BCUT2D eigenvalue weighted by Crippen LogP contribution is 2.21. The van der Waals surface area contributed by atoms with Gasteiger partial charge in [0.2, 0.25) is 0 Å². The fraction of sp³-hybridized carbons (Fsp3) is 0.250. The second-order valence-electron chi connectivity index (χ2n) is 7.15. The number of hydrogen-bond donors (Lipinski definition) is 3. The van der Waals surface area contributed by atoms with Crippen molar-refractivity contribution in [2.24, 2.45) is 0 Å². The fourth-order valence-corrected chi connectivity index (χ4v) is 2.53. The highest BCUT2D eigenvalue weighted by atomic mass is 16.6. The SMILES string of the molecule is CC(C)(C)OC(=O)NCc1ccc(C(=O)Nc2cccc3cn[nH]c23)cc1. The van der Waals surface area contributed by atoms with Crippen molar-refractivity contribution >= 4 is 28.6 Å². The molecule has 2 amide bonds. The van der Waals surface area contributed by atoms with Gasteiger partial charge in [0, 0.05) is 17.5 Å². The van der Waals surface area contributed by atoms with E-state index in [-0.39, 0.29) is 5.91 Å². The summed E-state index contributed by atoms with van der Waals surface area (Å²) in [7, 11) is 0. The molecular formula is C20H22N4O3. The smallest absolute Gasteiger partial charge is 0.407 e. The first-order chi connectivity index (χ1) is 12.8. The van der Waals surface area contributed by atoms with Gasteiger partial charge in [0.1, 0.15) is 5.60 Å². The minimum Gasteiger partial charge on any atom is -0.444 e. The average Bonchev–Trinajstić information content (AvgIpc) is 3.09. The second kappa shape index (κ2) is 7.49. The maximum atomic E-state index is 12.5. The van der Waals surface area contributed by atoms with E-state index in [9.17, 15) is 9.59 Å². The Balaban J connectivity index is 1.60. The molecule has 0 aliphatic rings. The molecule has 0 atom stereocenters. The number of hydrogen-bond acceptors (Lipinski definition) is 4. The molecule has 2 aromatic carbocycles. The number of amides is 2. The third-order valence-electron chi connectivity index (χ3n) is 3.78. The zero-order valence-electron chi connectivity index (χ0n) is 15.5. The molecule has 1 heterocycles. The van der Waals surface area contributed by atoms with Crippen LogP contribution >= 0.6 is 0 Å². The van der Waals surface area contributed by atoms with Gasteiger partial charge in [0.25, 0.3) is 5.91 Å². The summed E-state index contributed by atoms with van der Waals surface area (Å²) in [5.41, 5.74) is 2.30. The Morgan fingerprint density at radius 2 is 1.85 bits per heavy atom. The Bertz CT molecular complexity index is 955. The summed E-state index contributed by atoms with van der Waals surface area (Å²) in [4.78, 5) is 24.2. The largest absolute Gasteiger partial charge is 0.444 e. The van der Waals surface area contributed by atoms with Crippen LogP contribution in [0, 0.1) is 0 Å². The van der Waals surface area contributed by atoms with Gasteiger partial charge in [-0.25, -0.2) is 4.79 Å². The summed E-state index contributed by atoms with van der Waals surface area (Å²) < 4.78 is 5.19. The predicted molar refractivity (Wildman–Crippen MR) is 104 cm³/mol. The lowest BCUT2D eigenvalue weighted by molar-refractivity contribution is 0.0523. The first-order valence-corrected chi connectivity index (χ1v) is 8.61. The Morgan fingerprint density at radius 1 is 1.11 bits per heavy atom. The molecule has 0 aliphatic carbocycles. The first-order valence-electron chi connectivity index (χ1n) is 8.61. The Kier molecular flexibility index (Phi) is 5.12. The van der Waals surface area contributed by atoms with E-state index in [1.165, 1.54) is 0 Å². The number of nitrogens with one attached hydrogen (secondary N) is 3. The molecule has 3 rings (SSSR count). The number of anilines is 1. The van der Waals surface area contributed by atoms with Crippen LogP contribution in [0.4, 0.5) is 10.5 Å². The quantitative estimate of drug-likeness (QED) is 0.654. The number of rotatable bonds is 4. The van der Waals surface area contributed by atoms with Gasteiger partial charge in [-0.05, 0) is 44.5 Å². The van der Waals surface area contributed by atoms with E-state index in [0.717, 1.165) is 16.5 Å². The molecule has 7 nitrogen and oxygen atoms in total. The van der Waals surface area contributed by atoms with E-state index in [0.29, 0.717) is 17.8 Å². The minimum absolute atomic E-state index is 0.219. The topological polar surface area (TPSA) is 96.1 Å². The summed E-state index contributed by atoms with van der Waals surface area (Å²) in [5.74, 6) is -0.219. The van der Waals surface area contributed by atoms with Gasteiger partial charge in [-0.2, -0.15) is 5.10 Å². The maximum absolute atomic E-state index is 12.5.